The number of likely N-dealkylation sites (N-methyl/N-ethyl adjacent to an activating group) is 1. The lowest BCUT2D eigenvalue weighted by Crippen LogP contribution is -2.41. The molecule has 0 radical (unpaired) electrons. The first kappa shape index (κ1) is 20.4. The molecule has 1 N–H and O–H groups in total. The first-order chi connectivity index (χ1) is 12.7. The van der Waals surface area contributed by atoms with Crippen molar-refractivity contribution in [2.45, 2.75) is 26.0 Å². The number of aliphatic hydroxyl groups is 1. The standard InChI is InChI=1S/C22H26N2O3/c1-5-20(25)23(4)19-13-11-18(12-14-19)21(26)24(16-22(2,3)27)15-17-9-7-6-8-10-17/h5-14,27H,1,15-16H2,2-4H3. The van der Waals surface area contributed by atoms with Gasteiger partial charge in [0.2, 0.25) is 5.91 Å². The highest BCUT2D eigenvalue weighted by Crippen LogP contribution is 2.18. The lowest BCUT2D eigenvalue weighted by molar-refractivity contribution is -0.113. The van der Waals surface area contributed by atoms with Gasteiger partial charge in [-0.15, -0.1) is 0 Å². The van der Waals surface area contributed by atoms with Crippen LogP contribution in [0.2, 0.25) is 0 Å². The van der Waals surface area contributed by atoms with E-state index in [9.17, 15) is 14.7 Å². The molecule has 2 rings (SSSR count). The Hall–Kier alpha value is -2.92. The molecule has 0 fully saturated rings. The smallest absolute Gasteiger partial charge is 0.254 e. The molecule has 0 aromatic heterocycles. The maximum Gasteiger partial charge on any atom is 0.254 e. The van der Waals surface area contributed by atoms with Crippen LogP contribution < -0.4 is 4.90 Å². The topological polar surface area (TPSA) is 60.9 Å². The number of carbonyl (C=O) groups excluding carboxylic acids is 2. The number of anilines is 1. The van der Waals surface area contributed by atoms with Crippen molar-refractivity contribution in [1.82, 2.24) is 4.90 Å². The molecule has 0 heterocycles. The second kappa shape index (κ2) is 8.64. The van der Waals surface area contributed by atoms with Gasteiger partial charge in [-0.3, -0.25) is 9.59 Å². The molecule has 2 aromatic rings. The Labute approximate surface area is 160 Å². The molecule has 0 aliphatic carbocycles. The van der Waals surface area contributed by atoms with Gasteiger partial charge in [0.15, 0.2) is 0 Å². The Morgan fingerprint density at radius 1 is 1.07 bits per heavy atom. The van der Waals surface area contributed by atoms with E-state index >= 15 is 0 Å². The number of hydrogen-bond acceptors (Lipinski definition) is 3. The van der Waals surface area contributed by atoms with E-state index in [4.69, 9.17) is 0 Å². The van der Waals surface area contributed by atoms with Crippen LogP contribution in [0.25, 0.3) is 0 Å². The summed E-state index contributed by atoms with van der Waals surface area (Å²) in [5, 5.41) is 10.2. The van der Waals surface area contributed by atoms with E-state index in [1.165, 1.54) is 11.0 Å². The van der Waals surface area contributed by atoms with E-state index in [1.54, 1.807) is 50.1 Å². The zero-order valence-corrected chi connectivity index (χ0v) is 16.1. The third-order valence-electron chi connectivity index (χ3n) is 4.09. The van der Waals surface area contributed by atoms with Gasteiger partial charge in [-0.05, 0) is 49.8 Å². The summed E-state index contributed by atoms with van der Waals surface area (Å²) in [6, 6.07) is 16.5. The van der Waals surface area contributed by atoms with Crippen molar-refractivity contribution in [3.05, 3.63) is 78.4 Å². The Morgan fingerprint density at radius 2 is 1.67 bits per heavy atom. The minimum atomic E-state index is -1.01. The minimum absolute atomic E-state index is 0.176. The zero-order chi connectivity index (χ0) is 20.0. The molecule has 0 aliphatic heterocycles. The monoisotopic (exact) mass is 366 g/mol. The Balaban J connectivity index is 2.23. The fourth-order valence-corrected chi connectivity index (χ4v) is 2.74. The van der Waals surface area contributed by atoms with E-state index in [0.717, 1.165) is 5.56 Å². The fourth-order valence-electron chi connectivity index (χ4n) is 2.74. The fraction of sp³-hybridized carbons (Fsp3) is 0.273. The Kier molecular flexibility index (Phi) is 6.53. The first-order valence-corrected chi connectivity index (χ1v) is 8.77. The molecule has 0 saturated heterocycles. The van der Waals surface area contributed by atoms with Gasteiger partial charge >= 0.3 is 0 Å². The summed E-state index contributed by atoms with van der Waals surface area (Å²) in [6.07, 6.45) is 1.24. The highest BCUT2D eigenvalue weighted by molar-refractivity contribution is 6.01. The van der Waals surface area contributed by atoms with Crippen LogP contribution in [-0.2, 0) is 11.3 Å². The number of amides is 2. The van der Waals surface area contributed by atoms with Gasteiger partial charge in [0.05, 0.1) is 5.60 Å². The normalized spacial score (nSPS) is 11.0. The van der Waals surface area contributed by atoms with Gasteiger partial charge in [0.25, 0.3) is 5.91 Å². The Morgan fingerprint density at radius 3 is 2.19 bits per heavy atom. The lowest BCUT2D eigenvalue weighted by atomic mass is 10.1. The van der Waals surface area contributed by atoms with Crippen LogP contribution in [0.4, 0.5) is 5.69 Å². The van der Waals surface area contributed by atoms with Crippen LogP contribution in [0.5, 0.6) is 0 Å². The van der Waals surface area contributed by atoms with Crippen molar-refractivity contribution in [3.8, 4) is 0 Å². The number of carbonyl (C=O) groups is 2. The van der Waals surface area contributed by atoms with Gasteiger partial charge < -0.3 is 14.9 Å². The maximum absolute atomic E-state index is 13.0. The van der Waals surface area contributed by atoms with Crippen LogP contribution in [0.1, 0.15) is 29.8 Å². The Bertz CT molecular complexity index is 793. The van der Waals surface area contributed by atoms with Gasteiger partial charge in [-0.2, -0.15) is 0 Å². The number of rotatable bonds is 7. The largest absolute Gasteiger partial charge is 0.389 e. The molecule has 0 bridgehead atoms. The quantitative estimate of drug-likeness (QED) is 0.765. The number of benzene rings is 2. The van der Waals surface area contributed by atoms with Gasteiger partial charge in [-0.1, -0.05) is 36.9 Å². The van der Waals surface area contributed by atoms with E-state index < -0.39 is 5.60 Å². The van der Waals surface area contributed by atoms with Crippen LogP contribution in [0.15, 0.2) is 67.3 Å². The average molecular weight is 366 g/mol. The maximum atomic E-state index is 13.0. The molecule has 27 heavy (non-hydrogen) atoms. The third-order valence-corrected chi connectivity index (χ3v) is 4.09. The zero-order valence-electron chi connectivity index (χ0n) is 16.1. The van der Waals surface area contributed by atoms with E-state index in [2.05, 4.69) is 6.58 Å². The summed E-state index contributed by atoms with van der Waals surface area (Å²) >= 11 is 0. The van der Waals surface area contributed by atoms with Gasteiger partial charge in [0, 0.05) is 31.4 Å². The van der Waals surface area contributed by atoms with Crippen molar-refractivity contribution < 1.29 is 14.7 Å². The summed E-state index contributed by atoms with van der Waals surface area (Å²) in [4.78, 5) is 27.8. The molecule has 5 heteroatoms. The van der Waals surface area contributed by atoms with Crippen LogP contribution in [0.3, 0.4) is 0 Å². The summed E-state index contributed by atoms with van der Waals surface area (Å²) in [7, 11) is 1.65. The van der Waals surface area contributed by atoms with Gasteiger partial charge in [-0.25, -0.2) is 0 Å². The first-order valence-electron chi connectivity index (χ1n) is 8.77. The van der Waals surface area contributed by atoms with Crippen molar-refractivity contribution in [2.24, 2.45) is 0 Å². The number of nitrogens with zero attached hydrogens (tertiary/aromatic N) is 2. The minimum Gasteiger partial charge on any atom is -0.389 e. The SMILES string of the molecule is C=CC(=O)N(C)c1ccc(C(=O)N(Cc2ccccc2)CC(C)(C)O)cc1. The molecule has 0 unspecified atom stereocenters. The van der Waals surface area contributed by atoms with E-state index in [-0.39, 0.29) is 18.4 Å². The van der Waals surface area contributed by atoms with E-state index in [0.29, 0.717) is 17.8 Å². The summed E-state index contributed by atoms with van der Waals surface area (Å²) in [5.74, 6) is -0.396. The van der Waals surface area contributed by atoms with Crippen molar-refractivity contribution >= 4 is 17.5 Å². The predicted molar refractivity (Wildman–Crippen MR) is 108 cm³/mol. The third kappa shape index (κ3) is 5.79. The summed E-state index contributed by atoms with van der Waals surface area (Å²) in [5.41, 5.74) is 1.15. The van der Waals surface area contributed by atoms with Gasteiger partial charge in [0.1, 0.15) is 0 Å². The molecule has 0 atom stereocenters. The van der Waals surface area contributed by atoms with Crippen LogP contribution in [-0.4, -0.2) is 41.0 Å². The van der Waals surface area contributed by atoms with E-state index in [1.807, 2.05) is 30.3 Å². The molecule has 2 amide bonds. The molecule has 142 valence electrons. The summed E-state index contributed by atoms with van der Waals surface area (Å²) < 4.78 is 0. The van der Waals surface area contributed by atoms with Crippen LogP contribution >= 0.6 is 0 Å². The molecule has 2 aromatic carbocycles. The molecule has 5 nitrogen and oxygen atoms in total. The number of hydrogen-bond donors (Lipinski definition) is 1. The molecule has 0 spiro atoms. The molecular weight excluding hydrogens is 340 g/mol. The summed E-state index contributed by atoms with van der Waals surface area (Å²) in [6.45, 7) is 7.44. The lowest BCUT2D eigenvalue weighted by Gasteiger charge is -2.29. The highest BCUT2D eigenvalue weighted by atomic mass is 16.3. The molecule has 0 aliphatic rings. The average Bonchev–Trinajstić information content (AvgIpc) is 2.65. The molecule has 0 saturated carbocycles. The van der Waals surface area contributed by atoms with Crippen molar-refractivity contribution in [3.63, 3.8) is 0 Å². The van der Waals surface area contributed by atoms with Crippen molar-refractivity contribution in [2.75, 3.05) is 18.5 Å². The predicted octanol–water partition coefficient (Wildman–Crippen LogP) is 3.25. The highest BCUT2D eigenvalue weighted by Gasteiger charge is 2.24. The van der Waals surface area contributed by atoms with Crippen molar-refractivity contribution in [1.29, 1.82) is 0 Å². The second-order valence-electron chi connectivity index (χ2n) is 7.11. The second-order valence-corrected chi connectivity index (χ2v) is 7.11. The molecular formula is C22H26N2O3. The van der Waals surface area contributed by atoms with Crippen LogP contribution in [0, 0.1) is 0 Å².